The van der Waals surface area contributed by atoms with Crippen LogP contribution in [0.2, 0.25) is 0 Å². The molecule has 1 aliphatic carbocycles. The van der Waals surface area contributed by atoms with Crippen LogP contribution in [0.1, 0.15) is 36.5 Å². The Kier molecular flexibility index (Phi) is 8.19. The van der Waals surface area contributed by atoms with Gasteiger partial charge in [0, 0.05) is 0 Å². The first-order valence-electron chi connectivity index (χ1n) is 8.28. The summed E-state index contributed by atoms with van der Waals surface area (Å²) in [6, 6.07) is 27.2. The fourth-order valence-corrected chi connectivity index (χ4v) is 3.03. The Morgan fingerprint density at radius 2 is 1.57 bits per heavy atom. The van der Waals surface area contributed by atoms with Crippen LogP contribution in [0.25, 0.3) is 0 Å². The predicted octanol–water partition coefficient (Wildman–Crippen LogP) is 5.46. The maximum atomic E-state index is 2.26. The summed E-state index contributed by atoms with van der Waals surface area (Å²) < 4.78 is 1.46. The van der Waals surface area contributed by atoms with Crippen molar-refractivity contribution in [2.24, 2.45) is 0 Å². The van der Waals surface area contributed by atoms with Crippen molar-refractivity contribution >= 4 is 3.21 Å². The molecule has 1 heteroatoms. The van der Waals surface area contributed by atoms with Gasteiger partial charge in [-0.1, -0.05) is 25.7 Å². The van der Waals surface area contributed by atoms with Crippen molar-refractivity contribution in [3.8, 4) is 0 Å². The van der Waals surface area contributed by atoms with Gasteiger partial charge in [0.05, 0.1) is 0 Å². The quantitative estimate of drug-likeness (QED) is 0.492. The van der Waals surface area contributed by atoms with E-state index in [1.807, 2.05) is 36.4 Å². The molecule has 0 bridgehead atoms. The molecule has 0 atom stereocenters. The SMILES string of the molecule is C[C](=[Zr+2])c1ccccc1.c1cc2c([cH-]1)CCCC2.c1cc[cH-]c1. The Bertz CT molecular complexity index is 621. The second-order valence-corrected chi connectivity index (χ2v) is 7.58. The molecule has 0 amide bonds. The summed E-state index contributed by atoms with van der Waals surface area (Å²) in [5.41, 5.74) is 4.57. The number of fused-ring (bicyclic) bond motifs is 1. The molecule has 0 fully saturated rings. The van der Waals surface area contributed by atoms with Crippen LogP contribution >= 0.6 is 0 Å². The Morgan fingerprint density at radius 1 is 0.870 bits per heavy atom. The number of benzene rings is 1. The van der Waals surface area contributed by atoms with Crippen LogP contribution in [-0.4, -0.2) is 3.21 Å². The van der Waals surface area contributed by atoms with Gasteiger partial charge in [-0.2, -0.15) is 41.5 Å². The monoisotopic (exact) mass is 378 g/mol. The van der Waals surface area contributed by atoms with E-state index in [0.29, 0.717) is 0 Å². The van der Waals surface area contributed by atoms with E-state index in [1.165, 1.54) is 58.7 Å². The minimum atomic E-state index is 1.32. The maximum absolute atomic E-state index is 2.26. The Morgan fingerprint density at radius 3 is 2.09 bits per heavy atom. The minimum Gasteiger partial charge on any atom is -0.214 e. The molecule has 3 aromatic carbocycles. The zero-order valence-electron chi connectivity index (χ0n) is 13.8. The first kappa shape index (κ1) is 18.0. The summed E-state index contributed by atoms with van der Waals surface area (Å²) in [6.45, 7) is 2.16. The van der Waals surface area contributed by atoms with E-state index in [-0.39, 0.29) is 0 Å². The molecule has 0 spiro atoms. The first-order valence-corrected chi connectivity index (χ1v) is 9.51. The van der Waals surface area contributed by atoms with E-state index in [1.54, 1.807) is 11.1 Å². The Hall–Kier alpha value is -1.33. The molecule has 1 aliphatic rings. The van der Waals surface area contributed by atoms with Gasteiger partial charge in [0.15, 0.2) is 0 Å². The largest absolute Gasteiger partial charge is 0.214 e. The number of aryl methyl sites for hydroxylation is 2. The summed E-state index contributed by atoms with van der Waals surface area (Å²) >= 11 is 1.51. The van der Waals surface area contributed by atoms with Gasteiger partial charge in [0.1, 0.15) is 0 Å². The van der Waals surface area contributed by atoms with Crippen molar-refractivity contribution in [3.63, 3.8) is 0 Å². The van der Waals surface area contributed by atoms with Crippen LogP contribution in [0.15, 0.2) is 78.9 Å². The van der Waals surface area contributed by atoms with E-state index in [9.17, 15) is 0 Å². The number of rotatable bonds is 1. The molecular formula is C22H24Zr. The van der Waals surface area contributed by atoms with Crippen LogP contribution in [0, 0.1) is 0 Å². The molecule has 0 unspecified atom stereocenters. The van der Waals surface area contributed by atoms with Crippen molar-refractivity contribution in [2.45, 2.75) is 32.6 Å². The topological polar surface area (TPSA) is 0 Å². The molecule has 0 saturated carbocycles. The molecule has 116 valence electrons. The van der Waals surface area contributed by atoms with E-state index >= 15 is 0 Å². The molecule has 4 rings (SSSR count). The summed E-state index contributed by atoms with van der Waals surface area (Å²) in [4.78, 5) is 0. The molecule has 0 N–H and O–H groups in total. The van der Waals surface area contributed by atoms with Crippen molar-refractivity contribution < 1.29 is 24.2 Å². The molecule has 3 aromatic rings. The first-order chi connectivity index (χ1) is 11.3. The van der Waals surface area contributed by atoms with E-state index in [0.717, 1.165) is 0 Å². The van der Waals surface area contributed by atoms with Crippen LogP contribution < -0.4 is 0 Å². The van der Waals surface area contributed by atoms with Gasteiger partial charge in [-0.25, -0.2) is 18.2 Å². The zero-order valence-corrected chi connectivity index (χ0v) is 16.3. The average molecular weight is 380 g/mol. The van der Waals surface area contributed by atoms with Gasteiger partial charge in [0.2, 0.25) is 0 Å². The molecule has 0 saturated heterocycles. The van der Waals surface area contributed by atoms with Gasteiger partial charge < -0.3 is 0 Å². The molecule has 0 nitrogen and oxygen atoms in total. The summed E-state index contributed by atoms with van der Waals surface area (Å²) in [5, 5.41) is 0. The van der Waals surface area contributed by atoms with Crippen molar-refractivity contribution in [3.05, 3.63) is 95.6 Å². The fourth-order valence-electron chi connectivity index (χ4n) is 2.62. The normalized spacial score (nSPS) is 12.1. The molecule has 0 radical (unpaired) electrons. The Labute approximate surface area is 155 Å². The number of hydrogen-bond acceptors (Lipinski definition) is 0. The predicted molar refractivity (Wildman–Crippen MR) is 96.9 cm³/mol. The summed E-state index contributed by atoms with van der Waals surface area (Å²) in [7, 11) is 0. The van der Waals surface area contributed by atoms with Crippen molar-refractivity contribution in [1.82, 2.24) is 0 Å². The van der Waals surface area contributed by atoms with Gasteiger partial charge in [0.25, 0.3) is 0 Å². The smallest absolute Gasteiger partial charge is 0.0512 e. The molecular weight excluding hydrogens is 355 g/mol. The maximum Gasteiger partial charge on any atom is -0.0512 e. The van der Waals surface area contributed by atoms with Crippen molar-refractivity contribution in [2.75, 3.05) is 0 Å². The number of hydrogen-bond donors (Lipinski definition) is 0. The van der Waals surface area contributed by atoms with Gasteiger partial charge >= 0.3 is 70.3 Å². The second-order valence-electron chi connectivity index (χ2n) is 5.74. The van der Waals surface area contributed by atoms with E-state index < -0.39 is 0 Å². The van der Waals surface area contributed by atoms with Gasteiger partial charge in [-0.15, -0.1) is 0 Å². The van der Waals surface area contributed by atoms with Crippen LogP contribution in [-0.2, 0) is 37.1 Å². The molecule has 0 heterocycles. The zero-order chi connectivity index (χ0) is 16.3. The third kappa shape index (κ3) is 6.75. The Balaban J connectivity index is 0.000000131. The standard InChI is InChI=1S/C9H11.C8H8.C5H5.Zr/c1-2-5-9-7-3-6-8(9)4-1;1-2-8-6-4-3-5-7-8;1-2-4-5-3-1;/h3,6-7H,1-2,4-5H2;3-7H,1H3;1-5H;/q-1;;-1;+2. The minimum absolute atomic E-state index is 1.32. The summed E-state index contributed by atoms with van der Waals surface area (Å²) in [5.74, 6) is 0. The van der Waals surface area contributed by atoms with Gasteiger partial charge in [-0.05, 0) is 0 Å². The van der Waals surface area contributed by atoms with Crippen LogP contribution in [0.4, 0.5) is 0 Å². The van der Waals surface area contributed by atoms with E-state index in [4.69, 9.17) is 0 Å². The molecule has 23 heavy (non-hydrogen) atoms. The molecule has 0 aliphatic heterocycles. The van der Waals surface area contributed by atoms with Crippen molar-refractivity contribution in [1.29, 1.82) is 0 Å². The van der Waals surface area contributed by atoms with Crippen LogP contribution in [0.3, 0.4) is 0 Å². The third-order valence-electron chi connectivity index (χ3n) is 3.91. The fraction of sp³-hybridized carbons (Fsp3) is 0.227. The second kappa shape index (κ2) is 10.4. The molecule has 0 aromatic heterocycles. The van der Waals surface area contributed by atoms with E-state index in [2.05, 4.69) is 49.4 Å². The van der Waals surface area contributed by atoms with Crippen LogP contribution in [0.5, 0.6) is 0 Å². The summed E-state index contributed by atoms with van der Waals surface area (Å²) in [6.07, 6.45) is 5.44. The van der Waals surface area contributed by atoms with Gasteiger partial charge in [-0.3, -0.25) is 0 Å². The average Bonchev–Trinajstić information content (AvgIpc) is 3.30. The third-order valence-corrected chi connectivity index (χ3v) is 4.62.